The highest BCUT2D eigenvalue weighted by Crippen LogP contribution is 2.12. The summed E-state index contributed by atoms with van der Waals surface area (Å²) in [7, 11) is 0. The van der Waals surface area contributed by atoms with Crippen molar-refractivity contribution in [2.24, 2.45) is 5.73 Å². The first-order valence-electron chi connectivity index (χ1n) is 4.85. The predicted molar refractivity (Wildman–Crippen MR) is 57.4 cm³/mol. The molecule has 0 saturated heterocycles. The summed E-state index contributed by atoms with van der Waals surface area (Å²) in [5.74, 6) is -0.524. The highest BCUT2D eigenvalue weighted by molar-refractivity contribution is 5.90. The van der Waals surface area contributed by atoms with E-state index in [-0.39, 0.29) is 5.69 Å². The zero-order valence-electron chi connectivity index (χ0n) is 9.03. The van der Waals surface area contributed by atoms with Crippen LogP contribution in [-0.2, 0) is 6.42 Å². The van der Waals surface area contributed by atoms with Crippen LogP contribution in [0.1, 0.15) is 36.3 Å². The minimum atomic E-state index is -0.678. The Kier molecular flexibility index (Phi) is 3.42. The molecule has 0 fully saturated rings. The van der Waals surface area contributed by atoms with Crippen molar-refractivity contribution in [2.45, 2.75) is 32.3 Å². The van der Waals surface area contributed by atoms with Crippen molar-refractivity contribution in [3.05, 3.63) is 29.6 Å². The van der Waals surface area contributed by atoms with Crippen molar-refractivity contribution in [1.29, 1.82) is 0 Å². The molecule has 1 aromatic rings. The minimum absolute atomic E-state index is 0.266. The van der Waals surface area contributed by atoms with Gasteiger partial charge in [0.25, 0.3) is 5.91 Å². The van der Waals surface area contributed by atoms with Crippen molar-refractivity contribution < 1.29 is 9.90 Å². The van der Waals surface area contributed by atoms with E-state index in [9.17, 15) is 9.90 Å². The van der Waals surface area contributed by atoms with E-state index < -0.39 is 11.5 Å². The van der Waals surface area contributed by atoms with Gasteiger partial charge in [-0.2, -0.15) is 0 Å². The standard InChI is InChI=1S/C11H16N2O2/c1-11(2,15)6-5-8-3-4-9(10(12)14)13-7-8/h3-4,7,15H,5-6H2,1-2H3,(H2,12,14). The quantitative estimate of drug-likeness (QED) is 0.771. The average molecular weight is 208 g/mol. The number of carbonyl (C=O) groups excluding carboxylic acids is 1. The predicted octanol–water partition coefficient (Wildman–Crippen LogP) is 0.884. The van der Waals surface area contributed by atoms with E-state index in [4.69, 9.17) is 5.73 Å². The number of hydrogen-bond acceptors (Lipinski definition) is 3. The Labute approximate surface area is 89.1 Å². The smallest absolute Gasteiger partial charge is 0.267 e. The van der Waals surface area contributed by atoms with E-state index >= 15 is 0 Å². The fourth-order valence-electron chi connectivity index (χ4n) is 1.17. The molecular weight excluding hydrogens is 192 g/mol. The minimum Gasteiger partial charge on any atom is -0.390 e. The van der Waals surface area contributed by atoms with Gasteiger partial charge in [-0.25, -0.2) is 0 Å². The lowest BCUT2D eigenvalue weighted by Crippen LogP contribution is -2.19. The Bertz CT molecular complexity index is 339. The molecule has 15 heavy (non-hydrogen) atoms. The lowest BCUT2D eigenvalue weighted by Gasteiger charge is -2.16. The molecule has 4 nitrogen and oxygen atoms in total. The summed E-state index contributed by atoms with van der Waals surface area (Å²) < 4.78 is 0. The van der Waals surface area contributed by atoms with Crippen LogP contribution >= 0.6 is 0 Å². The highest BCUT2D eigenvalue weighted by atomic mass is 16.3. The average Bonchev–Trinajstić information content (AvgIpc) is 2.14. The van der Waals surface area contributed by atoms with Gasteiger partial charge in [0.2, 0.25) is 0 Å². The van der Waals surface area contributed by atoms with Crippen molar-refractivity contribution in [1.82, 2.24) is 4.98 Å². The molecule has 3 N–H and O–H groups in total. The Morgan fingerprint density at radius 2 is 2.20 bits per heavy atom. The maximum absolute atomic E-state index is 10.7. The molecule has 0 aliphatic heterocycles. The van der Waals surface area contributed by atoms with Gasteiger partial charge in [-0.15, -0.1) is 0 Å². The third-order valence-electron chi connectivity index (χ3n) is 2.10. The second-order valence-corrected chi connectivity index (χ2v) is 4.23. The van der Waals surface area contributed by atoms with E-state index in [1.807, 2.05) is 0 Å². The Hall–Kier alpha value is -1.42. The number of nitrogens with two attached hydrogens (primary N) is 1. The van der Waals surface area contributed by atoms with Gasteiger partial charge >= 0.3 is 0 Å². The van der Waals surface area contributed by atoms with Crippen LogP contribution < -0.4 is 5.73 Å². The SMILES string of the molecule is CC(C)(O)CCc1ccc(C(N)=O)nc1. The topological polar surface area (TPSA) is 76.2 Å². The van der Waals surface area contributed by atoms with Crippen LogP contribution in [0, 0.1) is 0 Å². The molecule has 1 amide bonds. The second-order valence-electron chi connectivity index (χ2n) is 4.23. The first-order valence-corrected chi connectivity index (χ1v) is 4.85. The van der Waals surface area contributed by atoms with Crippen molar-refractivity contribution in [3.63, 3.8) is 0 Å². The molecule has 0 bridgehead atoms. The third kappa shape index (κ3) is 4.08. The molecule has 0 saturated carbocycles. The summed E-state index contributed by atoms with van der Waals surface area (Å²) >= 11 is 0. The van der Waals surface area contributed by atoms with Gasteiger partial charge in [0.15, 0.2) is 0 Å². The number of carbonyl (C=O) groups is 1. The summed E-state index contributed by atoms with van der Waals surface area (Å²) in [5, 5.41) is 9.53. The summed E-state index contributed by atoms with van der Waals surface area (Å²) in [6.45, 7) is 3.52. The summed E-state index contributed by atoms with van der Waals surface area (Å²) in [5.41, 5.74) is 5.64. The number of amides is 1. The van der Waals surface area contributed by atoms with Crippen LogP contribution in [0.5, 0.6) is 0 Å². The van der Waals surface area contributed by atoms with Crippen LogP contribution in [0.25, 0.3) is 0 Å². The zero-order chi connectivity index (χ0) is 11.5. The number of hydrogen-bond donors (Lipinski definition) is 2. The number of rotatable bonds is 4. The highest BCUT2D eigenvalue weighted by Gasteiger charge is 2.12. The van der Waals surface area contributed by atoms with Gasteiger partial charge in [0, 0.05) is 6.20 Å². The van der Waals surface area contributed by atoms with Gasteiger partial charge in [0.1, 0.15) is 5.69 Å². The summed E-state index contributed by atoms with van der Waals surface area (Å²) in [6.07, 6.45) is 3.01. The summed E-state index contributed by atoms with van der Waals surface area (Å²) in [4.78, 5) is 14.7. The molecule has 0 aliphatic rings. The number of nitrogens with zero attached hydrogens (tertiary/aromatic N) is 1. The molecule has 1 rings (SSSR count). The molecule has 1 heterocycles. The van der Waals surface area contributed by atoms with Crippen LogP contribution in [0.15, 0.2) is 18.3 Å². The Balaban J connectivity index is 2.61. The normalized spacial score (nSPS) is 11.4. The molecule has 0 aliphatic carbocycles. The van der Waals surface area contributed by atoms with Gasteiger partial charge in [-0.05, 0) is 38.3 Å². The molecule has 0 aromatic carbocycles. The molecule has 0 spiro atoms. The van der Waals surface area contributed by atoms with Crippen LogP contribution in [0.2, 0.25) is 0 Å². The lowest BCUT2D eigenvalue weighted by atomic mass is 10.00. The maximum Gasteiger partial charge on any atom is 0.267 e. The number of primary amides is 1. The number of aryl methyl sites for hydroxylation is 1. The lowest BCUT2D eigenvalue weighted by molar-refractivity contribution is 0.0713. The monoisotopic (exact) mass is 208 g/mol. The van der Waals surface area contributed by atoms with Crippen LogP contribution in [0.4, 0.5) is 0 Å². The third-order valence-corrected chi connectivity index (χ3v) is 2.10. The van der Waals surface area contributed by atoms with Crippen molar-refractivity contribution >= 4 is 5.91 Å². The molecule has 1 aromatic heterocycles. The summed E-state index contributed by atoms with van der Waals surface area (Å²) in [6, 6.07) is 3.40. The first kappa shape index (κ1) is 11.7. The zero-order valence-corrected chi connectivity index (χ0v) is 9.03. The number of aliphatic hydroxyl groups is 1. The largest absolute Gasteiger partial charge is 0.390 e. The van der Waals surface area contributed by atoms with E-state index in [2.05, 4.69) is 4.98 Å². The Morgan fingerprint density at radius 1 is 1.53 bits per heavy atom. The molecule has 4 heteroatoms. The second kappa shape index (κ2) is 4.40. The fraction of sp³-hybridized carbons (Fsp3) is 0.455. The Morgan fingerprint density at radius 3 is 2.60 bits per heavy atom. The maximum atomic E-state index is 10.7. The van der Waals surface area contributed by atoms with Crippen molar-refractivity contribution in [3.8, 4) is 0 Å². The number of pyridine rings is 1. The van der Waals surface area contributed by atoms with E-state index in [0.717, 1.165) is 12.0 Å². The van der Waals surface area contributed by atoms with Gasteiger partial charge in [-0.1, -0.05) is 6.07 Å². The molecular formula is C11H16N2O2. The van der Waals surface area contributed by atoms with E-state index in [1.54, 1.807) is 32.2 Å². The number of aromatic nitrogens is 1. The van der Waals surface area contributed by atoms with Gasteiger partial charge in [0.05, 0.1) is 5.60 Å². The van der Waals surface area contributed by atoms with Crippen molar-refractivity contribution in [2.75, 3.05) is 0 Å². The van der Waals surface area contributed by atoms with Crippen LogP contribution in [0.3, 0.4) is 0 Å². The van der Waals surface area contributed by atoms with E-state index in [0.29, 0.717) is 6.42 Å². The molecule has 82 valence electrons. The van der Waals surface area contributed by atoms with Gasteiger partial charge < -0.3 is 10.8 Å². The first-order chi connectivity index (χ1) is 6.88. The van der Waals surface area contributed by atoms with Crippen LogP contribution in [-0.4, -0.2) is 21.6 Å². The molecule has 0 radical (unpaired) electrons. The molecule has 0 atom stereocenters. The van der Waals surface area contributed by atoms with Gasteiger partial charge in [-0.3, -0.25) is 9.78 Å². The molecule has 0 unspecified atom stereocenters. The fourth-order valence-corrected chi connectivity index (χ4v) is 1.17. The van der Waals surface area contributed by atoms with E-state index in [1.165, 1.54) is 0 Å².